The molecule has 19 heavy (non-hydrogen) atoms. The van der Waals surface area contributed by atoms with Crippen molar-refractivity contribution in [3.8, 4) is 5.75 Å². The van der Waals surface area contributed by atoms with Crippen LogP contribution in [-0.4, -0.2) is 28.4 Å². The molecule has 0 saturated carbocycles. The third kappa shape index (κ3) is 3.14. The second-order valence-corrected chi connectivity index (χ2v) is 4.18. The molecule has 2 aromatic rings. The fourth-order valence-corrected chi connectivity index (χ4v) is 1.63. The molecule has 0 unspecified atom stereocenters. The Labute approximate surface area is 113 Å². The van der Waals surface area contributed by atoms with Gasteiger partial charge in [-0.25, -0.2) is 4.79 Å². The third-order valence-electron chi connectivity index (χ3n) is 2.41. The van der Waals surface area contributed by atoms with Gasteiger partial charge in [-0.05, 0) is 30.3 Å². The number of halogens is 1. The second-order valence-electron chi connectivity index (χ2n) is 3.74. The normalized spacial score (nSPS) is 10.2. The zero-order chi connectivity index (χ0) is 13.8. The quantitative estimate of drug-likeness (QED) is 0.665. The number of phenols is 1. The SMILES string of the molecule is O=C(COC(=O)c1ccc(Cl)cc1O)c1ccc[nH]1. The number of rotatable bonds is 4. The molecule has 0 aliphatic heterocycles. The fourth-order valence-electron chi connectivity index (χ4n) is 1.47. The number of aromatic hydroxyl groups is 1. The molecule has 1 aromatic carbocycles. The molecular weight excluding hydrogens is 270 g/mol. The number of Topliss-reactive ketones (excluding diaryl/α,β-unsaturated/α-hetero) is 1. The maximum atomic E-state index is 11.7. The van der Waals surface area contributed by atoms with Crippen LogP contribution in [0.3, 0.4) is 0 Å². The van der Waals surface area contributed by atoms with E-state index in [9.17, 15) is 14.7 Å². The van der Waals surface area contributed by atoms with Crippen LogP contribution in [0.15, 0.2) is 36.5 Å². The molecule has 2 rings (SSSR count). The maximum absolute atomic E-state index is 11.7. The molecule has 0 bridgehead atoms. The van der Waals surface area contributed by atoms with Crippen molar-refractivity contribution in [2.45, 2.75) is 0 Å². The number of phenolic OH excluding ortho intramolecular Hbond substituents is 1. The minimum atomic E-state index is -0.783. The summed E-state index contributed by atoms with van der Waals surface area (Å²) < 4.78 is 4.82. The lowest BCUT2D eigenvalue weighted by atomic mass is 10.2. The van der Waals surface area contributed by atoms with Gasteiger partial charge in [-0.15, -0.1) is 0 Å². The van der Waals surface area contributed by atoms with Crippen LogP contribution in [0.4, 0.5) is 0 Å². The van der Waals surface area contributed by atoms with E-state index in [1.807, 2.05) is 0 Å². The number of esters is 1. The zero-order valence-electron chi connectivity index (χ0n) is 9.72. The number of nitrogens with one attached hydrogen (secondary N) is 1. The smallest absolute Gasteiger partial charge is 0.342 e. The Morgan fingerprint density at radius 2 is 2.11 bits per heavy atom. The minimum Gasteiger partial charge on any atom is -0.507 e. The van der Waals surface area contributed by atoms with Crippen LogP contribution < -0.4 is 0 Å². The lowest BCUT2D eigenvalue weighted by Gasteiger charge is -2.05. The van der Waals surface area contributed by atoms with Gasteiger partial charge in [0.2, 0.25) is 5.78 Å². The van der Waals surface area contributed by atoms with Gasteiger partial charge >= 0.3 is 5.97 Å². The van der Waals surface area contributed by atoms with Crippen molar-refractivity contribution in [1.82, 2.24) is 4.98 Å². The van der Waals surface area contributed by atoms with E-state index in [2.05, 4.69) is 4.98 Å². The van der Waals surface area contributed by atoms with Crippen LogP contribution in [0, 0.1) is 0 Å². The molecule has 1 aromatic heterocycles. The maximum Gasteiger partial charge on any atom is 0.342 e. The van der Waals surface area contributed by atoms with Crippen LogP contribution in [0.25, 0.3) is 0 Å². The lowest BCUT2D eigenvalue weighted by molar-refractivity contribution is 0.0470. The van der Waals surface area contributed by atoms with E-state index in [0.29, 0.717) is 10.7 Å². The number of aromatic nitrogens is 1. The molecule has 98 valence electrons. The van der Waals surface area contributed by atoms with Crippen molar-refractivity contribution in [1.29, 1.82) is 0 Å². The van der Waals surface area contributed by atoms with Crippen LogP contribution in [0.2, 0.25) is 5.02 Å². The van der Waals surface area contributed by atoms with Gasteiger partial charge in [-0.2, -0.15) is 0 Å². The average molecular weight is 280 g/mol. The third-order valence-corrected chi connectivity index (χ3v) is 2.65. The van der Waals surface area contributed by atoms with Crippen molar-refractivity contribution in [2.24, 2.45) is 0 Å². The topological polar surface area (TPSA) is 79.4 Å². The van der Waals surface area contributed by atoms with E-state index in [1.165, 1.54) is 18.2 Å². The average Bonchev–Trinajstić information content (AvgIpc) is 2.89. The fraction of sp³-hybridized carbons (Fsp3) is 0.0769. The summed E-state index contributed by atoms with van der Waals surface area (Å²) in [6, 6.07) is 7.25. The number of ether oxygens (including phenoxy) is 1. The first-order valence-corrected chi connectivity index (χ1v) is 5.78. The van der Waals surface area contributed by atoms with Gasteiger partial charge in [0.05, 0.1) is 5.69 Å². The summed E-state index contributed by atoms with van der Waals surface area (Å²) >= 11 is 5.65. The summed E-state index contributed by atoms with van der Waals surface area (Å²) in [7, 11) is 0. The van der Waals surface area contributed by atoms with Crippen molar-refractivity contribution < 1.29 is 19.4 Å². The lowest BCUT2D eigenvalue weighted by Crippen LogP contribution is -2.14. The number of aromatic amines is 1. The minimum absolute atomic E-state index is 0.0383. The number of H-pyrrole nitrogens is 1. The molecule has 0 saturated heterocycles. The van der Waals surface area contributed by atoms with Gasteiger partial charge in [0.1, 0.15) is 11.3 Å². The molecule has 0 aliphatic rings. The van der Waals surface area contributed by atoms with Crippen LogP contribution in [0.1, 0.15) is 20.8 Å². The number of carbonyl (C=O) groups excluding carboxylic acids is 2. The molecule has 0 spiro atoms. The summed E-state index contributed by atoms with van der Waals surface area (Å²) in [5.41, 5.74) is 0.316. The Morgan fingerprint density at radius 1 is 1.32 bits per heavy atom. The van der Waals surface area contributed by atoms with Crippen LogP contribution in [-0.2, 0) is 4.74 Å². The first kappa shape index (κ1) is 13.2. The van der Waals surface area contributed by atoms with Gasteiger partial charge in [0.15, 0.2) is 6.61 Å². The largest absolute Gasteiger partial charge is 0.507 e. The van der Waals surface area contributed by atoms with Gasteiger partial charge in [-0.1, -0.05) is 11.6 Å². The van der Waals surface area contributed by atoms with E-state index in [0.717, 1.165) is 0 Å². The molecular formula is C13H10ClNO4. The Bertz CT molecular complexity index is 607. The van der Waals surface area contributed by atoms with Crippen molar-refractivity contribution in [3.05, 3.63) is 52.8 Å². The number of carbonyl (C=O) groups is 2. The highest BCUT2D eigenvalue weighted by molar-refractivity contribution is 6.30. The molecule has 1 heterocycles. The molecule has 0 amide bonds. The summed E-state index contributed by atoms with van der Waals surface area (Å²) in [5, 5.41) is 9.84. The van der Waals surface area contributed by atoms with E-state index in [-0.39, 0.29) is 17.1 Å². The van der Waals surface area contributed by atoms with Crippen LogP contribution >= 0.6 is 11.6 Å². The summed E-state index contributed by atoms with van der Waals surface area (Å²) in [6.07, 6.45) is 1.60. The predicted molar refractivity (Wildman–Crippen MR) is 68.5 cm³/mol. The van der Waals surface area contributed by atoms with Gasteiger partial charge in [-0.3, -0.25) is 4.79 Å². The number of ketones is 1. The van der Waals surface area contributed by atoms with Crippen LogP contribution in [0.5, 0.6) is 5.75 Å². The Balaban J connectivity index is 2.00. The number of hydrogen-bond donors (Lipinski definition) is 2. The van der Waals surface area contributed by atoms with Gasteiger partial charge in [0, 0.05) is 11.2 Å². The van der Waals surface area contributed by atoms with E-state index >= 15 is 0 Å². The molecule has 5 nitrogen and oxygen atoms in total. The first-order valence-electron chi connectivity index (χ1n) is 5.40. The summed E-state index contributed by atoms with van der Waals surface area (Å²) in [4.78, 5) is 26.0. The Hall–Kier alpha value is -2.27. The summed E-state index contributed by atoms with van der Waals surface area (Å²) in [5.74, 6) is -1.43. The standard InChI is InChI=1S/C13H10ClNO4/c14-8-3-4-9(11(16)6-8)13(18)19-7-12(17)10-2-1-5-15-10/h1-6,15-16H,7H2. The highest BCUT2D eigenvalue weighted by atomic mass is 35.5. The molecule has 0 atom stereocenters. The summed E-state index contributed by atoms with van der Waals surface area (Å²) in [6.45, 7) is -0.401. The first-order chi connectivity index (χ1) is 9.08. The zero-order valence-corrected chi connectivity index (χ0v) is 10.5. The van der Waals surface area contributed by atoms with Gasteiger partial charge in [0.25, 0.3) is 0 Å². The van der Waals surface area contributed by atoms with E-state index in [1.54, 1.807) is 18.3 Å². The number of benzene rings is 1. The monoisotopic (exact) mass is 279 g/mol. The van der Waals surface area contributed by atoms with E-state index in [4.69, 9.17) is 16.3 Å². The van der Waals surface area contributed by atoms with Crippen molar-refractivity contribution in [3.63, 3.8) is 0 Å². The van der Waals surface area contributed by atoms with Crippen molar-refractivity contribution >= 4 is 23.4 Å². The molecule has 0 radical (unpaired) electrons. The van der Waals surface area contributed by atoms with Crippen molar-refractivity contribution in [2.75, 3.05) is 6.61 Å². The molecule has 2 N–H and O–H groups in total. The number of hydrogen-bond acceptors (Lipinski definition) is 4. The highest BCUT2D eigenvalue weighted by Gasteiger charge is 2.15. The Morgan fingerprint density at radius 3 is 2.74 bits per heavy atom. The Kier molecular flexibility index (Phi) is 3.87. The second kappa shape index (κ2) is 5.58. The predicted octanol–water partition coefficient (Wildman–Crippen LogP) is 2.41. The van der Waals surface area contributed by atoms with E-state index < -0.39 is 12.6 Å². The van der Waals surface area contributed by atoms with Gasteiger partial charge < -0.3 is 14.8 Å². The molecule has 0 aliphatic carbocycles. The molecule has 0 fully saturated rings. The molecule has 6 heteroatoms. The highest BCUT2D eigenvalue weighted by Crippen LogP contribution is 2.22.